The number of rotatable bonds is 11. The van der Waals surface area contributed by atoms with Crippen LogP contribution in [-0.2, 0) is 30.5 Å². The van der Waals surface area contributed by atoms with Gasteiger partial charge in [-0.1, -0.05) is 44.2 Å². The van der Waals surface area contributed by atoms with Crippen molar-refractivity contribution in [3.63, 3.8) is 0 Å². The van der Waals surface area contributed by atoms with Crippen LogP contribution in [0.2, 0.25) is 0 Å². The Bertz CT molecular complexity index is 571. The van der Waals surface area contributed by atoms with Gasteiger partial charge in [0, 0.05) is 12.8 Å². The molecule has 0 saturated heterocycles. The van der Waals surface area contributed by atoms with Crippen LogP contribution in [0.15, 0.2) is 30.3 Å². The Balaban J connectivity index is 2.45. The molecule has 1 N–H and O–H groups in total. The highest BCUT2D eigenvalue weighted by Crippen LogP contribution is 2.10. The van der Waals surface area contributed by atoms with E-state index in [0.29, 0.717) is 19.3 Å². The molecular formula is C20H29NO5. The smallest absolute Gasteiger partial charge is 0.328 e. The molecule has 144 valence electrons. The van der Waals surface area contributed by atoms with Gasteiger partial charge in [0.25, 0.3) is 0 Å². The van der Waals surface area contributed by atoms with E-state index in [9.17, 15) is 14.4 Å². The topological polar surface area (TPSA) is 81.7 Å². The van der Waals surface area contributed by atoms with Gasteiger partial charge in [0.2, 0.25) is 5.91 Å². The predicted molar refractivity (Wildman–Crippen MR) is 98.1 cm³/mol. The molecule has 1 rings (SSSR count). The predicted octanol–water partition coefficient (Wildman–Crippen LogP) is 2.99. The summed E-state index contributed by atoms with van der Waals surface area (Å²) < 4.78 is 9.91. The number of hydrogen-bond donors (Lipinski definition) is 1. The summed E-state index contributed by atoms with van der Waals surface area (Å²) in [5, 5.41) is 2.76. The molecule has 0 saturated carbocycles. The molecular weight excluding hydrogens is 334 g/mol. The van der Waals surface area contributed by atoms with E-state index < -0.39 is 12.0 Å². The van der Waals surface area contributed by atoms with Crippen molar-refractivity contribution < 1.29 is 23.9 Å². The molecule has 0 aromatic heterocycles. The zero-order valence-electron chi connectivity index (χ0n) is 15.8. The molecule has 0 radical (unpaired) electrons. The fraction of sp³-hybridized carbons (Fsp3) is 0.550. The van der Waals surface area contributed by atoms with Crippen molar-refractivity contribution in [2.24, 2.45) is 5.92 Å². The molecule has 0 fully saturated rings. The molecule has 6 nitrogen and oxygen atoms in total. The first-order valence-corrected chi connectivity index (χ1v) is 8.99. The summed E-state index contributed by atoms with van der Waals surface area (Å²) in [6.45, 7) is 4.16. The maximum absolute atomic E-state index is 12.3. The van der Waals surface area contributed by atoms with E-state index in [-0.39, 0.29) is 37.2 Å². The molecule has 0 heterocycles. The molecule has 1 atom stereocenters. The molecule has 0 aliphatic heterocycles. The lowest BCUT2D eigenvalue weighted by Gasteiger charge is -2.19. The van der Waals surface area contributed by atoms with Crippen LogP contribution in [-0.4, -0.2) is 31.0 Å². The summed E-state index contributed by atoms with van der Waals surface area (Å²) in [7, 11) is 1.34. The lowest BCUT2D eigenvalue weighted by atomic mass is 10.0. The van der Waals surface area contributed by atoms with E-state index in [1.165, 1.54) is 7.11 Å². The molecule has 26 heavy (non-hydrogen) atoms. The minimum Gasteiger partial charge on any atom is -0.469 e. The van der Waals surface area contributed by atoms with Crippen LogP contribution in [0, 0.1) is 5.92 Å². The van der Waals surface area contributed by atoms with Crippen LogP contribution in [0.5, 0.6) is 0 Å². The summed E-state index contributed by atoms with van der Waals surface area (Å²) >= 11 is 0. The number of carbonyl (C=O) groups is 3. The number of benzene rings is 1. The summed E-state index contributed by atoms with van der Waals surface area (Å²) in [6.07, 6.45) is 2.21. The fourth-order valence-corrected chi connectivity index (χ4v) is 2.44. The molecule has 1 unspecified atom stereocenters. The summed E-state index contributed by atoms with van der Waals surface area (Å²) in [6, 6.07) is 8.75. The van der Waals surface area contributed by atoms with Crippen molar-refractivity contribution in [3.05, 3.63) is 35.9 Å². The average Bonchev–Trinajstić information content (AvgIpc) is 2.63. The van der Waals surface area contributed by atoms with Gasteiger partial charge in [0.05, 0.1) is 7.11 Å². The molecule has 6 heteroatoms. The van der Waals surface area contributed by atoms with E-state index >= 15 is 0 Å². The standard InChI is InChI=1S/C20H29NO5/c1-15(2)13-17(20(24)26-14-16-9-5-4-6-10-16)21-18(22)11-7-8-12-19(23)25-3/h4-6,9-10,15,17H,7-8,11-14H2,1-3H3,(H,21,22). The van der Waals surface area contributed by atoms with Crippen LogP contribution >= 0.6 is 0 Å². The first kappa shape index (κ1) is 21.7. The van der Waals surface area contributed by atoms with E-state index in [1.54, 1.807) is 0 Å². The third kappa shape index (κ3) is 9.20. The first-order valence-electron chi connectivity index (χ1n) is 8.99. The lowest BCUT2D eigenvalue weighted by molar-refractivity contribution is -0.149. The summed E-state index contributed by atoms with van der Waals surface area (Å²) in [5.41, 5.74) is 0.901. The fourth-order valence-electron chi connectivity index (χ4n) is 2.44. The number of ether oxygens (including phenoxy) is 2. The number of amides is 1. The Labute approximate surface area is 155 Å². The first-order chi connectivity index (χ1) is 12.4. The number of carbonyl (C=O) groups excluding carboxylic acids is 3. The second-order valence-electron chi connectivity index (χ2n) is 6.63. The Morgan fingerprint density at radius 1 is 1.04 bits per heavy atom. The van der Waals surface area contributed by atoms with Gasteiger partial charge in [0.1, 0.15) is 12.6 Å². The SMILES string of the molecule is COC(=O)CCCCC(=O)NC(CC(C)C)C(=O)OCc1ccccc1. The van der Waals surface area contributed by atoms with Gasteiger partial charge >= 0.3 is 11.9 Å². The van der Waals surface area contributed by atoms with Gasteiger partial charge in [0.15, 0.2) is 0 Å². The molecule has 0 bridgehead atoms. The minimum absolute atomic E-state index is 0.184. The number of unbranched alkanes of at least 4 members (excludes halogenated alkanes) is 1. The number of esters is 2. The van der Waals surface area contributed by atoms with Crippen LogP contribution in [0.3, 0.4) is 0 Å². The van der Waals surface area contributed by atoms with Gasteiger partial charge < -0.3 is 14.8 Å². The van der Waals surface area contributed by atoms with Crippen molar-refractivity contribution in [1.82, 2.24) is 5.32 Å². The van der Waals surface area contributed by atoms with Gasteiger partial charge in [-0.15, -0.1) is 0 Å². The monoisotopic (exact) mass is 363 g/mol. The highest BCUT2D eigenvalue weighted by Gasteiger charge is 2.23. The van der Waals surface area contributed by atoms with E-state index in [1.807, 2.05) is 44.2 Å². The zero-order valence-corrected chi connectivity index (χ0v) is 15.8. The zero-order chi connectivity index (χ0) is 19.4. The molecule has 1 aromatic rings. The van der Waals surface area contributed by atoms with E-state index in [0.717, 1.165) is 5.56 Å². The van der Waals surface area contributed by atoms with Crippen molar-refractivity contribution in [2.45, 2.75) is 58.6 Å². The lowest BCUT2D eigenvalue weighted by Crippen LogP contribution is -2.42. The van der Waals surface area contributed by atoms with Crippen LogP contribution in [0.1, 0.15) is 51.5 Å². The Kier molecular flexibility index (Phi) is 10.1. The quantitative estimate of drug-likeness (QED) is 0.483. The molecule has 0 aliphatic carbocycles. The largest absolute Gasteiger partial charge is 0.469 e. The highest BCUT2D eigenvalue weighted by atomic mass is 16.5. The van der Waals surface area contributed by atoms with Gasteiger partial charge in [-0.05, 0) is 30.7 Å². The Morgan fingerprint density at radius 2 is 1.69 bits per heavy atom. The molecule has 0 aliphatic rings. The van der Waals surface area contributed by atoms with Crippen molar-refractivity contribution in [2.75, 3.05) is 7.11 Å². The summed E-state index contributed by atoms with van der Waals surface area (Å²) in [4.78, 5) is 35.5. The van der Waals surface area contributed by atoms with Gasteiger partial charge in [-0.25, -0.2) is 4.79 Å². The van der Waals surface area contributed by atoms with Crippen molar-refractivity contribution in [1.29, 1.82) is 0 Å². The van der Waals surface area contributed by atoms with Gasteiger partial charge in [-0.3, -0.25) is 9.59 Å². The highest BCUT2D eigenvalue weighted by molar-refractivity contribution is 5.84. The second-order valence-corrected chi connectivity index (χ2v) is 6.63. The Morgan fingerprint density at radius 3 is 2.31 bits per heavy atom. The van der Waals surface area contributed by atoms with Crippen LogP contribution in [0.4, 0.5) is 0 Å². The maximum Gasteiger partial charge on any atom is 0.328 e. The third-order valence-corrected chi connectivity index (χ3v) is 3.81. The summed E-state index contributed by atoms with van der Waals surface area (Å²) in [5.74, 6) is -0.681. The van der Waals surface area contributed by atoms with Crippen LogP contribution < -0.4 is 5.32 Å². The second kappa shape index (κ2) is 12.1. The number of hydrogen-bond acceptors (Lipinski definition) is 5. The van der Waals surface area contributed by atoms with Crippen LogP contribution in [0.25, 0.3) is 0 Å². The third-order valence-electron chi connectivity index (χ3n) is 3.81. The molecule has 0 spiro atoms. The number of methoxy groups -OCH3 is 1. The normalized spacial score (nSPS) is 11.7. The van der Waals surface area contributed by atoms with Gasteiger partial charge in [-0.2, -0.15) is 0 Å². The molecule has 1 amide bonds. The van der Waals surface area contributed by atoms with E-state index in [4.69, 9.17) is 4.74 Å². The average molecular weight is 363 g/mol. The maximum atomic E-state index is 12.3. The van der Waals surface area contributed by atoms with Crippen molar-refractivity contribution >= 4 is 17.8 Å². The molecule has 1 aromatic carbocycles. The number of nitrogens with one attached hydrogen (secondary N) is 1. The van der Waals surface area contributed by atoms with E-state index in [2.05, 4.69) is 10.1 Å². The van der Waals surface area contributed by atoms with Crippen molar-refractivity contribution in [3.8, 4) is 0 Å². The Hall–Kier alpha value is -2.37. The minimum atomic E-state index is -0.660.